The summed E-state index contributed by atoms with van der Waals surface area (Å²) in [5.74, 6) is 0.940. The highest BCUT2D eigenvalue weighted by Crippen LogP contribution is 2.22. The molecule has 3 rings (SSSR count). The summed E-state index contributed by atoms with van der Waals surface area (Å²) in [6, 6.07) is 14.1. The van der Waals surface area contributed by atoms with E-state index in [-0.39, 0.29) is 0 Å². The first kappa shape index (κ1) is 14.9. The van der Waals surface area contributed by atoms with E-state index in [4.69, 9.17) is 0 Å². The Labute approximate surface area is 131 Å². The maximum Gasteiger partial charge on any atom is 0.151 e. The van der Waals surface area contributed by atoms with E-state index in [0.717, 1.165) is 30.9 Å². The molecule has 1 aliphatic rings. The van der Waals surface area contributed by atoms with Gasteiger partial charge in [-0.15, -0.1) is 5.10 Å². The van der Waals surface area contributed by atoms with Gasteiger partial charge in [0.2, 0.25) is 0 Å². The molecule has 1 aromatic heterocycles. The van der Waals surface area contributed by atoms with Crippen LogP contribution in [0.4, 0.5) is 5.82 Å². The van der Waals surface area contributed by atoms with E-state index in [0.29, 0.717) is 12.6 Å². The smallest absolute Gasteiger partial charge is 0.151 e. The first-order valence-electron chi connectivity index (χ1n) is 7.82. The van der Waals surface area contributed by atoms with Gasteiger partial charge in [0.05, 0.1) is 6.10 Å². The lowest BCUT2D eigenvalue weighted by Gasteiger charge is -2.26. The fraction of sp³-hybridized carbons (Fsp3) is 0.412. The maximum atomic E-state index is 10.2. The Morgan fingerprint density at radius 2 is 2.09 bits per heavy atom. The van der Waals surface area contributed by atoms with Crippen LogP contribution in [0.1, 0.15) is 24.5 Å². The fourth-order valence-corrected chi connectivity index (χ4v) is 2.98. The van der Waals surface area contributed by atoms with Gasteiger partial charge in [0.15, 0.2) is 5.82 Å². The largest absolute Gasteiger partial charge is 0.387 e. The summed E-state index contributed by atoms with van der Waals surface area (Å²) in [6.45, 7) is 2.43. The van der Waals surface area contributed by atoms with Crippen LogP contribution in [0.3, 0.4) is 0 Å². The van der Waals surface area contributed by atoms with Crippen molar-refractivity contribution in [2.24, 2.45) is 0 Å². The van der Waals surface area contributed by atoms with Crippen LogP contribution in [0.15, 0.2) is 48.7 Å². The summed E-state index contributed by atoms with van der Waals surface area (Å²) in [5.41, 5.74) is 0.951. The van der Waals surface area contributed by atoms with Crippen LogP contribution in [0.25, 0.3) is 0 Å². The predicted octanol–water partition coefficient (Wildman–Crippen LogP) is 1.77. The molecule has 1 saturated heterocycles. The zero-order chi connectivity index (χ0) is 15.2. The summed E-state index contributed by atoms with van der Waals surface area (Å²) in [4.78, 5) is 2.30. The van der Waals surface area contributed by atoms with E-state index in [1.54, 1.807) is 6.20 Å². The van der Waals surface area contributed by atoms with Gasteiger partial charge in [0.25, 0.3) is 0 Å². The second-order valence-corrected chi connectivity index (χ2v) is 5.66. The normalized spacial score (nSPS) is 19.3. The molecule has 2 heterocycles. The summed E-state index contributed by atoms with van der Waals surface area (Å²) < 4.78 is 0. The third kappa shape index (κ3) is 3.61. The van der Waals surface area contributed by atoms with Gasteiger partial charge >= 0.3 is 0 Å². The van der Waals surface area contributed by atoms with Crippen LogP contribution in [-0.4, -0.2) is 41.0 Å². The van der Waals surface area contributed by atoms with E-state index >= 15 is 0 Å². The van der Waals surface area contributed by atoms with E-state index in [2.05, 4.69) is 20.4 Å². The van der Waals surface area contributed by atoms with Gasteiger partial charge in [-0.1, -0.05) is 30.3 Å². The van der Waals surface area contributed by atoms with E-state index in [1.807, 2.05) is 42.5 Å². The lowest BCUT2D eigenvalue weighted by atomic mass is 10.1. The Balaban J connectivity index is 1.51. The average Bonchev–Trinajstić information content (AvgIpc) is 3.05. The summed E-state index contributed by atoms with van der Waals surface area (Å²) in [5, 5.41) is 21.7. The first-order chi connectivity index (χ1) is 10.8. The number of aromatic nitrogens is 2. The van der Waals surface area contributed by atoms with Crippen molar-refractivity contribution in [2.45, 2.75) is 25.0 Å². The van der Waals surface area contributed by atoms with Gasteiger partial charge in [-0.25, -0.2) is 0 Å². The molecular formula is C17H22N4O. The van der Waals surface area contributed by atoms with E-state index in [1.165, 1.54) is 6.42 Å². The molecule has 1 aliphatic heterocycles. The Bertz CT molecular complexity index is 563. The second-order valence-electron chi connectivity index (χ2n) is 5.66. The van der Waals surface area contributed by atoms with Crippen LogP contribution < -0.4 is 10.2 Å². The Morgan fingerprint density at radius 1 is 1.23 bits per heavy atom. The molecular weight excluding hydrogens is 276 g/mol. The number of rotatable bonds is 6. The minimum atomic E-state index is -0.465. The molecule has 116 valence electrons. The zero-order valence-electron chi connectivity index (χ0n) is 12.6. The van der Waals surface area contributed by atoms with Crippen molar-refractivity contribution in [3.63, 3.8) is 0 Å². The lowest BCUT2D eigenvalue weighted by Crippen LogP contribution is -2.39. The van der Waals surface area contributed by atoms with Crippen LogP contribution in [0.5, 0.6) is 0 Å². The highest BCUT2D eigenvalue weighted by molar-refractivity contribution is 5.39. The first-order valence-corrected chi connectivity index (χ1v) is 7.82. The Kier molecular flexibility index (Phi) is 4.98. The monoisotopic (exact) mass is 298 g/mol. The molecule has 0 aliphatic carbocycles. The topological polar surface area (TPSA) is 61.3 Å². The van der Waals surface area contributed by atoms with Crippen LogP contribution >= 0.6 is 0 Å². The lowest BCUT2D eigenvalue weighted by molar-refractivity contribution is 0.174. The fourth-order valence-electron chi connectivity index (χ4n) is 2.98. The summed E-state index contributed by atoms with van der Waals surface area (Å²) in [7, 11) is 0. The van der Waals surface area contributed by atoms with Crippen LogP contribution in [0.2, 0.25) is 0 Å². The molecule has 2 atom stereocenters. The number of anilines is 1. The maximum absolute atomic E-state index is 10.2. The molecule has 0 bridgehead atoms. The second kappa shape index (κ2) is 7.33. The third-order valence-electron chi connectivity index (χ3n) is 4.13. The number of hydrogen-bond acceptors (Lipinski definition) is 5. The minimum absolute atomic E-state index is 0.416. The Morgan fingerprint density at radius 3 is 2.86 bits per heavy atom. The van der Waals surface area contributed by atoms with Crippen molar-refractivity contribution >= 4 is 5.82 Å². The molecule has 22 heavy (non-hydrogen) atoms. The van der Waals surface area contributed by atoms with Crippen molar-refractivity contribution < 1.29 is 5.11 Å². The molecule has 0 saturated carbocycles. The van der Waals surface area contributed by atoms with Gasteiger partial charge in [0.1, 0.15) is 0 Å². The number of benzene rings is 1. The van der Waals surface area contributed by atoms with Crippen molar-refractivity contribution in [1.82, 2.24) is 15.5 Å². The quantitative estimate of drug-likeness (QED) is 0.851. The Hall–Kier alpha value is -1.98. The highest BCUT2D eigenvalue weighted by Gasteiger charge is 2.25. The third-order valence-corrected chi connectivity index (χ3v) is 4.13. The van der Waals surface area contributed by atoms with E-state index in [9.17, 15) is 5.11 Å². The van der Waals surface area contributed by atoms with Gasteiger partial charge in [-0.3, -0.25) is 0 Å². The number of nitrogens with one attached hydrogen (secondary N) is 1. The standard InChI is InChI=1S/C17H22N4O/c22-16(14-6-2-1-3-7-14)13-18-12-15-8-5-11-21(15)17-9-4-10-19-20-17/h1-4,6-7,9-10,15-16,18,22H,5,8,11-13H2/t15-,16-/m0/s1. The molecule has 2 N–H and O–H groups in total. The van der Waals surface area contributed by atoms with Crippen molar-refractivity contribution in [3.05, 3.63) is 54.2 Å². The van der Waals surface area contributed by atoms with Gasteiger partial charge in [-0.05, 0) is 30.5 Å². The van der Waals surface area contributed by atoms with E-state index < -0.39 is 6.10 Å². The average molecular weight is 298 g/mol. The van der Waals surface area contributed by atoms with Gasteiger partial charge in [0, 0.05) is 31.9 Å². The summed E-state index contributed by atoms with van der Waals surface area (Å²) >= 11 is 0. The molecule has 1 fully saturated rings. The molecule has 5 heteroatoms. The van der Waals surface area contributed by atoms with Crippen molar-refractivity contribution in [2.75, 3.05) is 24.5 Å². The number of aliphatic hydroxyl groups excluding tert-OH is 1. The predicted molar refractivity (Wildman–Crippen MR) is 86.7 cm³/mol. The minimum Gasteiger partial charge on any atom is -0.387 e. The van der Waals surface area contributed by atoms with Crippen molar-refractivity contribution in [3.8, 4) is 0 Å². The highest BCUT2D eigenvalue weighted by atomic mass is 16.3. The van der Waals surface area contributed by atoms with Gasteiger partial charge in [-0.2, -0.15) is 5.10 Å². The molecule has 0 spiro atoms. The molecule has 2 aromatic rings. The molecule has 0 amide bonds. The van der Waals surface area contributed by atoms with Crippen molar-refractivity contribution in [1.29, 1.82) is 0 Å². The van der Waals surface area contributed by atoms with Crippen LogP contribution in [0, 0.1) is 0 Å². The zero-order valence-corrected chi connectivity index (χ0v) is 12.6. The molecule has 5 nitrogen and oxygen atoms in total. The number of nitrogens with zero attached hydrogens (tertiary/aromatic N) is 3. The van der Waals surface area contributed by atoms with Crippen LogP contribution in [-0.2, 0) is 0 Å². The SMILES string of the molecule is O[C@@H](CNC[C@@H]1CCCN1c1cccnn1)c1ccccc1. The molecule has 0 unspecified atom stereocenters. The molecule has 1 aromatic carbocycles. The van der Waals surface area contributed by atoms with Gasteiger partial charge < -0.3 is 15.3 Å². The number of aliphatic hydroxyl groups is 1. The molecule has 0 radical (unpaired) electrons. The number of hydrogen-bond donors (Lipinski definition) is 2. The summed E-state index contributed by atoms with van der Waals surface area (Å²) in [6.07, 6.45) is 3.55.